The molecule has 0 fully saturated rings. The van der Waals surface area contributed by atoms with Gasteiger partial charge in [0.2, 0.25) is 0 Å². The van der Waals surface area contributed by atoms with Crippen LogP contribution in [0.2, 0.25) is 0 Å². The fraction of sp³-hybridized carbons (Fsp3) is 0.500. The van der Waals surface area contributed by atoms with Gasteiger partial charge in [0.25, 0.3) is 0 Å². The molecule has 0 nitrogen and oxygen atoms in total. The van der Waals surface area contributed by atoms with E-state index < -0.39 is 0 Å². The summed E-state index contributed by atoms with van der Waals surface area (Å²) in [7, 11) is 2.82. The Hall–Kier alpha value is 0.600. The molecule has 0 radical (unpaired) electrons. The molecule has 0 spiro atoms. The van der Waals surface area contributed by atoms with Crippen molar-refractivity contribution in [1.82, 2.24) is 0 Å². The SMILES string of the molecule is C1=PPC1. The van der Waals surface area contributed by atoms with E-state index >= 15 is 0 Å². The molecule has 0 saturated carbocycles. The fourth-order valence-corrected chi connectivity index (χ4v) is 0.822. The third-order valence-electron chi connectivity index (χ3n) is 0.365. The second-order valence-corrected chi connectivity index (χ2v) is 3.75. The first-order chi connectivity index (χ1) is 2.00. The molecule has 0 aliphatic carbocycles. The predicted octanol–water partition coefficient (Wildman–Crippen LogP) is 1.34. The smallest absolute Gasteiger partial charge is 0.00492 e. The Kier molecular flexibility index (Phi) is 0.810. The molecule has 2 heteroatoms. The molecule has 0 aromatic carbocycles. The van der Waals surface area contributed by atoms with Crippen LogP contribution in [0.15, 0.2) is 0 Å². The molecule has 22 valence electrons. The summed E-state index contributed by atoms with van der Waals surface area (Å²) in [6, 6.07) is 0. The summed E-state index contributed by atoms with van der Waals surface area (Å²) in [5.41, 5.74) is 0. The molecule has 4 heavy (non-hydrogen) atoms. The van der Waals surface area contributed by atoms with Crippen LogP contribution in [-0.4, -0.2) is 12.0 Å². The topological polar surface area (TPSA) is 0 Å². The van der Waals surface area contributed by atoms with Gasteiger partial charge in [-0.15, -0.1) is 0 Å². The van der Waals surface area contributed by atoms with Crippen LogP contribution in [-0.2, 0) is 0 Å². The third-order valence-corrected chi connectivity index (χ3v) is 3.29. The maximum absolute atomic E-state index is 2.29. The second kappa shape index (κ2) is 1.15. The van der Waals surface area contributed by atoms with E-state index in [2.05, 4.69) is 5.80 Å². The summed E-state index contributed by atoms with van der Waals surface area (Å²) in [4.78, 5) is 0. The van der Waals surface area contributed by atoms with Crippen molar-refractivity contribution in [2.24, 2.45) is 0 Å². The molecule has 1 atom stereocenters. The minimum atomic E-state index is 1.24. The first-order valence-corrected chi connectivity index (χ1v) is 4.26. The lowest BCUT2D eigenvalue weighted by Crippen LogP contribution is -1.71. The Balaban J connectivity index is 2.47. The third kappa shape index (κ3) is 0.315. The van der Waals surface area contributed by atoms with Crippen LogP contribution in [0.4, 0.5) is 0 Å². The Morgan fingerprint density at radius 3 is 2.25 bits per heavy atom. The van der Waals surface area contributed by atoms with Crippen LogP contribution >= 0.6 is 16.2 Å². The summed E-state index contributed by atoms with van der Waals surface area (Å²) >= 11 is 0. The standard InChI is InChI=1S/C2H4P2/c1-2-4-3-1/h1,4H,2H2. The Bertz CT molecular complexity index is 33.3. The van der Waals surface area contributed by atoms with Crippen LogP contribution in [0, 0.1) is 0 Å². The molecule has 1 heterocycles. The summed E-state index contributed by atoms with van der Waals surface area (Å²) in [6.45, 7) is 0. The molecular formula is C2H4P2. The maximum Gasteiger partial charge on any atom is -0.00492 e. The minimum absolute atomic E-state index is 1.24. The molecule has 0 saturated heterocycles. The fourth-order valence-electron chi connectivity index (χ4n) is 0.0913. The molecule has 0 bridgehead atoms. The van der Waals surface area contributed by atoms with Crippen LogP contribution in [0.25, 0.3) is 0 Å². The van der Waals surface area contributed by atoms with Crippen LogP contribution in [0.5, 0.6) is 0 Å². The zero-order chi connectivity index (χ0) is 2.83. The molecule has 1 aliphatic heterocycles. The molecule has 0 aromatic rings. The molecule has 1 unspecified atom stereocenters. The van der Waals surface area contributed by atoms with Crippen LogP contribution in [0.3, 0.4) is 0 Å². The van der Waals surface area contributed by atoms with E-state index in [0.717, 1.165) is 0 Å². The highest BCUT2D eigenvalue weighted by atomic mass is 32.0. The zero-order valence-electron chi connectivity index (χ0n) is 2.23. The van der Waals surface area contributed by atoms with Gasteiger partial charge in [0.1, 0.15) is 0 Å². The molecule has 1 rings (SSSR count). The van der Waals surface area contributed by atoms with E-state index in [1.54, 1.807) is 7.89 Å². The average Bonchev–Trinajstić information content (AvgIpc) is 0.722. The summed E-state index contributed by atoms with van der Waals surface area (Å²) in [6.07, 6.45) is 1.39. The second-order valence-electron chi connectivity index (χ2n) is 0.674. The van der Waals surface area contributed by atoms with Crippen molar-refractivity contribution in [3.05, 3.63) is 0 Å². The van der Waals surface area contributed by atoms with Crippen molar-refractivity contribution < 1.29 is 0 Å². The van der Waals surface area contributed by atoms with E-state index in [1.165, 1.54) is 14.4 Å². The molecule has 0 amide bonds. The summed E-state index contributed by atoms with van der Waals surface area (Å²) in [5, 5.41) is 0. The molecule has 0 N–H and O–H groups in total. The average molecular weight is 90.0 g/mol. The van der Waals surface area contributed by atoms with Gasteiger partial charge < -0.3 is 0 Å². The van der Waals surface area contributed by atoms with E-state index in [-0.39, 0.29) is 0 Å². The van der Waals surface area contributed by atoms with E-state index in [0.29, 0.717) is 0 Å². The van der Waals surface area contributed by atoms with Crippen LogP contribution < -0.4 is 0 Å². The summed E-state index contributed by atoms with van der Waals surface area (Å²) in [5.74, 6) is 2.29. The predicted molar refractivity (Wildman–Crippen MR) is 26.2 cm³/mol. The highest BCUT2D eigenvalue weighted by Gasteiger charge is 1.82. The van der Waals surface area contributed by atoms with Gasteiger partial charge in [0.05, 0.1) is 0 Å². The van der Waals surface area contributed by atoms with E-state index in [4.69, 9.17) is 0 Å². The number of rotatable bonds is 0. The minimum Gasteiger partial charge on any atom is -0.0831 e. The lowest BCUT2D eigenvalue weighted by molar-refractivity contribution is 2.15. The van der Waals surface area contributed by atoms with Crippen molar-refractivity contribution in [2.75, 3.05) is 6.16 Å². The van der Waals surface area contributed by atoms with Crippen LogP contribution in [0.1, 0.15) is 0 Å². The Labute approximate surface area is 29.1 Å². The van der Waals surface area contributed by atoms with Gasteiger partial charge in [-0.3, -0.25) is 0 Å². The number of hydrogen-bond donors (Lipinski definition) is 0. The van der Waals surface area contributed by atoms with Gasteiger partial charge >= 0.3 is 0 Å². The Morgan fingerprint density at radius 2 is 2.25 bits per heavy atom. The first kappa shape index (κ1) is 2.82. The van der Waals surface area contributed by atoms with Gasteiger partial charge in [0, 0.05) is 0 Å². The van der Waals surface area contributed by atoms with Crippen molar-refractivity contribution in [2.45, 2.75) is 0 Å². The highest BCUT2D eigenvalue weighted by Crippen LogP contribution is 2.34. The lowest BCUT2D eigenvalue weighted by Gasteiger charge is -1.91. The largest absolute Gasteiger partial charge is 0.0831 e. The summed E-state index contributed by atoms with van der Waals surface area (Å²) < 4.78 is 0. The molecule has 0 aromatic heterocycles. The zero-order valence-corrected chi connectivity index (χ0v) is 4.13. The molecular weight excluding hydrogens is 86.0 g/mol. The van der Waals surface area contributed by atoms with Crippen molar-refractivity contribution in [3.8, 4) is 0 Å². The lowest BCUT2D eigenvalue weighted by atomic mass is 11.0. The van der Waals surface area contributed by atoms with E-state index in [9.17, 15) is 0 Å². The van der Waals surface area contributed by atoms with Crippen molar-refractivity contribution in [1.29, 1.82) is 0 Å². The van der Waals surface area contributed by atoms with Gasteiger partial charge in [-0.05, 0) is 6.16 Å². The van der Waals surface area contributed by atoms with E-state index in [1.807, 2.05) is 0 Å². The maximum atomic E-state index is 2.29. The van der Waals surface area contributed by atoms with Crippen molar-refractivity contribution >= 4 is 22.0 Å². The van der Waals surface area contributed by atoms with Gasteiger partial charge in [0.15, 0.2) is 0 Å². The van der Waals surface area contributed by atoms with Gasteiger partial charge in [-0.25, -0.2) is 0 Å². The van der Waals surface area contributed by atoms with Crippen molar-refractivity contribution in [3.63, 3.8) is 0 Å². The number of hydrogen-bond acceptors (Lipinski definition) is 0. The highest BCUT2D eigenvalue weighted by molar-refractivity contribution is 8.15. The Morgan fingerprint density at radius 1 is 2.00 bits per heavy atom. The first-order valence-electron chi connectivity index (χ1n) is 1.24. The molecule has 1 aliphatic rings. The monoisotopic (exact) mass is 90.0 g/mol. The van der Waals surface area contributed by atoms with Gasteiger partial charge in [-0.1, -0.05) is 22.0 Å². The normalized spacial score (nSPS) is 30.0. The quantitative estimate of drug-likeness (QED) is 0.394. The van der Waals surface area contributed by atoms with Gasteiger partial charge in [-0.2, -0.15) is 0 Å².